The second-order valence-corrected chi connectivity index (χ2v) is 5.91. The molecular weight excluding hydrogens is 260 g/mol. The molecule has 2 fully saturated rings. The van der Waals surface area contributed by atoms with Crippen LogP contribution in [0.15, 0.2) is 12.3 Å². The van der Waals surface area contributed by atoms with E-state index in [2.05, 4.69) is 21.7 Å². The summed E-state index contributed by atoms with van der Waals surface area (Å²) in [5.74, 6) is 0.641. The third-order valence-corrected chi connectivity index (χ3v) is 4.67. The van der Waals surface area contributed by atoms with Gasteiger partial charge in [-0.25, -0.2) is 4.98 Å². The van der Waals surface area contributed by atoms with Gasteiger partial charge in [-0.1, -0.05) is 11.6 Å². The van der Waals surface area contributed by atoms with Gasteiger partial charge in [-0.05, 0) is 44.7 Å². The van der Waals surface area contributed by atoms with E-state index in [0.29, 0.717) is 28.0 Å². The monoisotopic (exact) mass is 276 g/mol. The highest BCUT2D eigenvalue weighted by Gasteiger charge is 2.40. The fourth-order valence-corrected chi connectivity index (χ4v) is 3.30. The number of rotatable bonds is 2. The number of halogens is 1. The molecule has 1 unspecified atom stereocenters. The maximum atomic E-state index is 8.98. The van der Waals surface area contributed by atoms with Gasteiger partial charge in [0.15, 0.2) is 0 Å². The number of hydrogen-bond donors (Lipinski definition) is 2. The summed E-state index contributed by atoms with van der Waals surface area (Å²) in [7, 11) is 0. The lowest BCUT2D eigenvalue weighted by atomic mass is 9.70. The summed E-state index contributed by atoms with van der Waals surface area (Å²) >= 11 is 6.18. The van der Waals surface area contributed by atoms with Crippen molar-refractivity contribution in [3.05, 3.63) is 22.8 Å². The molecule has 1 atom stereocenters. The van der Waals surface area contributed by atoms with E-state index in [1.807, 2.05) is 0 Å². The van der Waals surface area contributed by atoms with Crippen molar-refractivity contribution >= 4 is 17.4 Å². The van der Waals surface area contributed by atoms with Crippen molar-refractivity contribution in [2.24, 2.45) is 0 Å². The molecule has 5 heteroatoms. The van der Waals surface area contributed by atoms with Crippen molar-refractivity contribution in [1.29, 1.82) is 5.26 Å². The van der Waals surface area contributed by atoms with Crippen LogP contribution in [0.1, 0.15) is 37.7 Å². The number of hydrogen-bond acceptors (Lipinski definition) is 4. The zero-order chi connectivity index (χ0) is 13.3. The molecule has 0 bridgehead atoms. The third-order valence-electron chi connectivity index (χ3n) is 4.29. The predicted octanol–water partition coefficient (Wildman–Crippen LogP) is 2.69. The van der Waals surface area contributed by atoms with Gasteiger partial charge >= 0.3 is 0 Å². The molecule has 1 aliphatic carbocycles. The molecule has 4 nitrogen and oxygen atoms in total. The fraction of sp³-hybridized carbons (Fsp3) is 0.571. The van der Waals surface area contributed by atoms with E-state index in [-0.39, 0.29) is 0 Å². The zero-order valence-electron chi connectivity index (χ0n) is 10.7. The summed E-state index contributed by atoms with van der Waals surface area (Å²) in [6, 6.07) is 4.12. The lowest BCUT2D eigenvalue weighted by molar-refractivity contribution is 0.135. The van der Waals surface area contributed by atoms with Crippen molar-refractivity contribution in [2.45, 2.75) is 43.7 Å². The maximum Gasteiger partial charge on any atom is 0.146 e. The second kappa shape index (κ2) is 4.99. The van der Waals surface area contributed by atoms with Gasteiger partial charge in [0.1, 0.15) is 16.9 Å². The summed E-state index contributed by atoms with van der Waals surface area (Å²) in [6.07, 6.45) is 7.67. The predicted molar refractivity (Wildman–Crippen MR) is 75.2 cm³/mol. The Morgan fingerprint density at radius 2 is 2.37 bits per heavy atom. The molecule has 3 rings (SSSR count). The van der Waals surface area contributed by atoms with E-state index >= 15 is 0 Å². The van der Waals surface area contributed by atoms with Crippen molar-refractivity contribution in [1.82, 2.24) is 10.3 Å². The van der Waals surface area contributed by atoms with Crippen LogP contribution in [0.3, 0.4) is 0 Å². The molecule has 1 saturated heterocycles. The van der Waals surface area contributed by atoms with Gasteiger partial charge in [0, 0.05) is 17.8 Å². The first kappa shape index (κ1) is 12.7. The lowest BCUT2D eigenvalue weighted by Gasteiger charge is -2.48. The molecule has 0 radical (unpaired) electrons. The fourth-order valence-electron chi connectivity index (χ4n) is 3.09. The number of nitrogens with one attached hydrogen (secondary N) is 2. The van der Waals surface area contributed by atoms with Gasteiger partial charge in [0.2, 0.25) is 0 Å². The van der Waals surface area contributed by atoms with E-state index in [4.69, 9.17) is 16.9 Å². The standard InChI is InChI=1S/C14H17ClN4/c15-12-10(9-16)2-6-17-13(12)19-11-3-7-18-14(8-11)4-1-5-14/h2,6,11,18H,1,3-5,7-8H2,(H,17,19). The van der Waals surface area contributed by atoms with Crippen LogP contribution >= 0.6 is 11.6 Å². The van der Waals surface area contributed by atoms with Gasteiger partial charge in [-0.15, -0.1) is 0 Å². The summed E-state index contributed by atoms with van der Waals surface area (Å²) in [5, 5.41) is 16.5. The van der Waals surface area contributed by atoms with E-state index in [1.54, 1.807) is 12.3 Å². The summed E-state index contributed by atoms with van der Waals surface area (Å²) < 4.78 is 0. The maximum absolute atomic E-state index is 8.98. The zero-order valence-corrected chi connectivity index (χ0v) is 11.5. The first-order valence-electron chi connectivity index (χ1n) is 6.79. The number of pyridine rings is 1. The lowest BCUT2D eigenvalue weighted by Crippen LogP contribution is -2.58. The van der Waals surface area contributed by atoms with Crippen LogP contribution in [0.4, 0.5) is 5.82 Å². The average Bonchev–Trinajstić information content (AvgIpc) is 2.40. The quantitative estimate of drug-likeness (QED) is 0.872. The Bertz CT molecular complexity index is 519. The molecule has 2 aliphatic rings. The molecule has 1 spiro atoms. The van der Waals surface area contributed by atoms with E-state index in [0.717, 1.165) is 19.4 Å². The largest absolute Gasteiger partial charge is 0.366 e. The molecular formula is C14H17ClN4. The molecule has 0 aromatic carbocycles. The van der Waals surface area contributed by atoms with Crippen molar-refractivity contribution in [3.8, 4) is 6.07 Å². The molecule has 1 aromatic heterocycles. The van der Waals surface area contributed by atoms with Gasteiger partial charge in [0.05, 0.1) is 5.56 Å². The molecule has 2 N–H and O–H groups in total. The average molecular weight is 277 g/mol. The van der Waals surface area contributed by atoms with Crippen molar-refractivity contribution in [2.75, 3.05) is 11.9 Å². The molecule has 1 saturated carbocycles. The van der Waals surface area contributed by atoms with E-state index in [9.17, 15) is 0 Å². The van der Waals surface area contributed by atoms with Gasteiger partial charge in [-0.3, -0.25) is 0 Å². The van der Waals surface area contributed by atoms with Gasteiger partial charge < -0.3 is 10.6 Å². The van der Waals surface area contributed by atoms with Crippen molar-refractivity contribution < 1.29 is 0 Å². The second-order valence-electron chi connectivity index (χ2n) is 5.53. The molecule has 1 aromatic rings. The minimum atomic E-state index is 0.342. The van der Waals surface area contributed by atoms with Crippen LogP contribution < -0.4 is 10.6 Å². The Kier molecular flexibility index (Phi) is 3.34. The number of nitriles is 1. The number of piperidine rings is 1. The molecule has 2 heterocycles. The normalized spacial score (nSPS) is 24.5. The first-order chi connectivity index (χ1) is 9.22. The Balaban J connectivity index is 1.73. The Morgan fingerprint density at radius 1 is 1.53 bits per heavy atom. The van der Waals surface area contributed by atoms with Crippen LogP contribution in [0.25, 0.3) is 0 Å². The topological polar surface area (TPSA) is 60.7 Å². The Hall–Kier alpha value is -1.31. The van der Waals surface area contributed by atoms with Crippen LogP contribution in [0.5, 0.6) is 0 Å². The highest BCUT2D eigenvalue weighted by molar-refractivity contribution is 6.34. The van der Waals surface area contributed by atoms with Gasteiger partial charge in [0.25, 0.3) is 0 Å². The Labute approximate surface area is 118 Å². The molecule has 0 amide bonds. The summed E-state index contributed by atoms with van der Waals surface area (Å²) in [6.45, 7) is 1.03. The smallest absolute Gasteiger partial charge is 0.146 e. The number of aromatic nitrogens is 1. The highest BCUT2D eigenvalue weighted by atomic mass is 35.5. The Morgan fingerprint density at radius 3 is 3.05 bits per heavy atom. The summed E-state index contributed by atoms with van der Waals surface area (Å²) in [5.41, 5.74) is 0.821. The molecule has 1 aliphatic heterocycles. The summed E-state index contributed by atoms with van der Waals surface area (Å²) in [4.78, 5) is 4.26. The van der Waals surface area contributed by atoms with Crippen molar-refractivity contribution in [3.63, 3.8) is 0 Å². The van der Waals surface area contributed by atoms with Gasteiger partial charge in [-0.2, -0.15) is 5.26 Å². The van der Waals surface area contributed by atoms with Crippen LogP contribution in [0.2, 0.25) is 5.02 Å². The minimum Gasteiger partial charge on any atom is -0.366 e. The highest BCUT2D eigenvalue weighted by Crippen LogP contribution is 2.39. The third kappa shape index (κ3) is 2.41. The molecule has 100 valence electrons. The number of nitrogens with zero attached hydrogens (tertiary/aromatic N) is 2. The SMILES string of the molecule is N#Cc1ccnc(NC2CCNC3(CCC3)C2)c1Cl. The van der Waals surface area contributed by atoms with Crippen LogP contribution in [-0.4, -0.2) is 23.1 Å². The van der Waals surface area contributed by atoms with Crippen LogP contribution in [-0.2, 0) is 0 Å². The minimum absolute atomic E-state index is 0.342. The van der Waals surface area contributed by atoms with E-state index in [1.165, 1.54) is 19.3 Å². The molecule has 19 heavy (non-hydrogen) atoms. The van der Waals surface area contributed by atoms with E-state index < -0.39 is 0 Å². The first-order valence-corrected chi connectivity index (χ1v) is 7.16. The number of anilines is 1. The van der Waals surface area contributed by atoms with Crippen LogP contribution in [0, 0.1) is 11.3 Å².